The Morgan fingerprint density at radius 2 is 1.93 bits per heavy atom. The SMILES string of the molecule is O=C(NCc1cn2cc(Cl)ccc2n1)c1ccc(CN2C(=O)CNC2=O)cc1. The third-order valence-electron chi connectivity index (χ3n) is 4.39. The molecule has 8 nitrogen and oxygen atoms in total. The third-order valence-corrected chi connectivity index (χ3v) is 4.61. The van der Waals surface area contributed by atoms with E-state index in [-0.39, 0.29) is 31.4 Å². The predicted octanol–water partition coefficient (Wildman–Crippen LogP) is 1.97. The Labute approximate surface area is 165 Å². The van der Waals surface area contributed by atoms with E-state index in [9.17, 15) is 14.4 Å². The van der Waals surface area contributed by atoms with Gasteiger partial charge in [-0.2, -0.15) is 0 Å². The lowest BCUT2D eigenvalue weighted by Gasteiger charge is -2.12. The maximum Gasteiger partial charge on any atom is 0.324 e. The topological polar surface area (TPSA) is 95.8 Å². The van der Waals surface area contributed by atoms with Crippen LogP contribution in [0.15, 0.2) is 48.8 Å². The molecule has 2 aromatic heterocycles. The van der Waals surface area contributed by atoms with Crippen LogP contribution in [0.25, 0.3) is 5.65 Å². The summed E-state index contributed by atoms with van der Waals surface area (Å²) in [5, 5.41) is 5.90. The van der Waals surface area contributed by atoms with Gasteiger partial charge in [-0.3, -0.25) is 14.5 Å². The molecule has 1 aliphatic rings. The van der Waals surface area contributed by atoms with E-state index in [1.165, 1.54) is 0 Å². The molecule has 1 fully saturated rings. The number of nitrogens with one attached hydrogen (secondary N) is 2. The van der Waals surface area contributed by atoms with Crippen LogP contribution in [0.5, 0.6) is 0 Å². The van der Waals surface area contributed by atoms with Crippen molar-refractivity contribution in [2.45, 2.75) is 13.1 Å². The van der Waals surface area contributed by atoms with Crippen molar-refractivity contribution >= 4 is 35.1 Å². The van der Waals surface area contributed by atoms with Gasteiger partial charge in [0.05, 0.1) is 30.4 Å². The second-order valence-electron chi connectivity index (χ2n) is 6.36. The molecule has 0 saturated carbocycles. The van der Waals surface area contributed by atoms with Gasteiger partial charge >= 0.3 is 6.03 Å². The third kappa shape index (κ3) is 3.67. The lowest BCUT2D eigenvalue weighted by atomic mass is 10.1. The first-order valence-electron chi connectivity index (χ1n) is 8.58. The minimum Gasteiger partial charge on any atom is -0.346 e. The van der Waals surface area contributed by atoms with Gasteiger partial charge in [-0.05, 0) is 29.8 Å². The number of hydrogen-bond acceptors (Lipinski definition) is 4. The summed E-state index contributed by atoms with van der Waals surface area (Å²) in [4.78, 5) is 41.1. The quantitative estimate of drug-likeness (QED) is 0.643. The molecule has 1 saturated heterocycles. The molecule has 4 amide bonds. The summed E-state index contributed by atoms with van der Waals surface area (Å²) in [5.41, 5.74) is 2.70. The van der Waals surface area contributed by atoms with Gasteiger partial charge in [0.25, 0.3) is 5.91 Å². The zero-order valence-corrected chi connectivity index (χ0v) is 15.4. The summed E-state index contributed by atoms with van der Waals surface area (Å²) in [6, 6.07) is 9.92. The number of aromatic nitrogens is 2. The largest absolute Gasteiger partial charge is 0.346 e. The summed E-state index contributed by atoms with van der Waals surface area (Å²) >= 11 is 5.96. The average molecular weight is 398 g/mol. The number of carbonyl (C=O) groups excluding carboxylic acids is 3. The van der Waals surface area contributed by atoms with Crippen molar-refractivity contribution in [2.24, 2.45) is 0 Å². The van der Waals surface area contributed by atoms with Crippen LogP contribution in [-0.2, 0) is 17.9 Å². The molecule has 0 spiro atoms. The summed E-state index contributed by atoms with van der Waals surface area (Å²) in [6.45, 7) is 0.479. The van der Waals surface area contributed by atoms with Gasteiger partial charge in [0.1, 0.15) is 5.65 Å². The molecule has 2 N–H and O–H groups in total. The van der Waals surface area contributed by atoms with Gasteiger partial charge in [0.15, 0.2) is 0 Å². The molecule has 9 heteroatoms. The Bertz CT molecular complexity index is 1060. The second-order valence-corrected chi connectivity index (χ2v) is 6.80. The van der Waals surface area contributed by atoms with Crippen molar-refractivity contribution in [1.82, 2.24) is 24.9 Å². The number of pyridine rings is 1. The summed E-state index contributed by atoms with van der Waals surface area (Å²) in [7, 11) is 0. The lowest BCUT2D eigenvalue weighted by molar-refractivity contribution is -0.125. The highest BCUT2D eigenvalue weighted by molar-refractivity contribution is 6.30. The molecule has 1 aliphatic heterocycles. The molecule has 0 aliphatic carbocycles. The van der Waals surface area contributed by atoms with Gasteiger partial charge in [0.2, 0.25) is 5.91 Å². The maximum absolute atomic E-state index is 12.4. The van der Waals surface area contributed by atoms with E-state index in [2.05, 4.69) is 15.6 Å². The van der Waals surface area contributed by atoms with Crippen LogP contribution in [0.4, 0.5) is 4.79 Å². The fraction of sp³-hybridized carbons (Fsp3) is 0.158. The van der Waals surface area contributed by atoms with Crippen molar-refractivity contribution in [2.75, 3.05) is 6.54 Å². The van der Waals surface area contributed by atoms with E-state index in [4.69, 9.17) is 11.6 Å². The molecule has 0 atom stereocenters. The number of nitrogens with zero attached hydrogens (tertiary/aromatic N) is 3. The number of hydrogen-bond donors (Lipinski definition) is 2. The Morgan fingerprint density at radius 1 is 1.14 bits per heavy atom. The second kappa shape index (κ2) is 7.32. The van der Waals surface area contributed by atoms with E-state index < -0.39 is 6.03 Å². The maximum atomic E-state index is 12.4. The molecule has 0 radical (unpaired) electrons. The Hall–Kier alpha value is -3.39. The molecule has 4 rings (SSSR count). The predicted molar refractivity (Wildman–Crippen MR) is 102 cm³/mol. The van der Waals surface area contributed by atoms with E-state index in [0.29, 0.717) is 16.3 Å². The Morgan fingerprint density at radius 3 is 2.64 bits per heavy atom. The van der Waals surface area contributed by atoms with Crippen molar-refractivity contribution in [3.8, 4) is 0 Å². The number of fused-ring (bicyclic) bond motifs is 1. The summed E-state index contributed by atoms with van der Waals surface area (Å²) < 4.78 is 1.80. The zero-order valence-electron chi connectivity index (χ0n) is 14.7. The molecule has 28 heavy (non-hydrogen) atoms. The summed E-state index contributed by atoms with van der Waals surface area (Å²) in [5.74, 6) is -0.503. The Kier molecular flexibility index (Phi) is 4.70. The van der Waals surface area contributed by atoms with Gasteiger partial charge in [-0.25, -0.2) is 9.78 Å². The number of rotatable bonds is 5. The minimum absolute atomic E-state index is 0.0224. The standard InChI is InChI=1S/C19H16ClN5O3/c20-14-5-6-16-23-15(11-24(16)10-14)7-21-18(27)13-3-1-12(2-4-13)9-25-17(26)8-22-19(25)28/h1-6,10-11H,7-9H2,(H,21,27)(H,22,28). The number of imide groups is 1. The molecule has 142 valence electrons. The van der Waals surface area contributed by atoms with Crippen LogP contribution >= 0.6 is 11.6 Å². The van der Waals surface area contributed by atoms with Crippen LogP contribution in [0.3, 0.4) is 0 Å². The number of halogens is 1. The van der Waals surface area contributed by atoms with Crippen molar-refractivity contribution in [1.29, 1.82) is 0 Å². The highest BCUT2D eigenvalue weighted by atomic mass is 35.5. The van der Waals surface area contributed by atoms with Gasteiger partial charge in [0, 0.05) is 18.0 Å². The first-order valence-corrected chi connectivity index (χ1v) is 8.96. The van der Waals surface area contributed by atoms with Crippen LogP contribution < -0.4 is 10.6 Å². The Balaban J connectivity index is 1.37. The van der Waals surface area contributed by atoms with Crippen molar-refractivity contribution in [3.05, 3.63) is 70.6 Å². The minimum atomic E-state index is -0.402. The average Bonchev–Trinajstić information content (AvgIpc) is 3.24. The highest BCUT2D eigenvalue weighted by Crippen LogP contribution is 2.13. The number of benzene rings is 1. The normalized spacial score (nSPS) is 13.8. The van der Waals surface area contributed by atoms with Gasteiger partial charge in [-0.15, -0.1) is 0 Å². The lowest BCUT2D eigenvalue weighted by Crippen LogP contribution is -2.30. The van der Waals surface area contributed by atoms with E-state index in [1.54, 1.807) is 47.0 Å². The molecular formula is C19H16ClN5O3. The molecule has 0 unspecified atom stereocenters. The monoisotopic (exact) mass is 397 g/mol. The first kappa shape index (κ1) is 18.0. The van der Waals surface area contributed by atoms with Gasteiger partial charge in [-0.1, -0.05) is 23.7 Å². The number of urea groups is 1. The molecule has 0 bridgehead atoms. The fourth-order valence-electron chi connectivity index (χ4n) is 2.93. The van der Waals surface area contributed by atoms with Crippen LogP contribution in [0, 0.1) is 0 Å². The fourth-order valence-corrected chi connectivity index (χ4v) is 3.10. The highest BCUT2D eigenvalue weighted by Gasteiger charge is 2.28. The van der Waals surface area contributed by atoms with E-state index in [0.717, 1.165) is 16.1 Å². The van der Waals surface area contributed by atoms with E-state index >= 15 is 0 Å². The first-order chi connectivity index (χ1) is 13.5. The van der Waals surface area contributed by atoms with Gasteiger partial charge < -0.3 is 15.0 Å². The smallest absolute Gasteiger partial charge is 0.324 e. The molecule has 1 aromatic carbocycles. The van der Waals surface area contributed by atoms with Crippen LogP contribution in [0.2, 0.25) is 5.02 Å². The van der Waals surface area contributed by atoms with Crippen LogP contribution in [0.1, 0.15) is 21.6 Å². The number of imidazole rings is 1. The molecule has 3 aromatic rings. The summed E-state index contributed by atoms with van der Waals surface area (Å²) in [6.07, 6.45) is 3.56. The number of carbonyl (C=O) groups is 3. The van der Waals surface area contributed by atoms with Crippen molar-refractivity contribution < 1.29 is 14.4 Å². The van der Waals surface area contributed by atoms with Crippen molar-refractivity contribution in [3.63, 3.8) is 0 Å². The van der Waals surface area contributed by atoms with Crippen LogP contribution in [-0.4, -0.2) is 38.7 Å². The molecular weight excluding hydrogens is 382 g/mol. The number of amides is 4. The zero-order chi connectivity index (χ0) is 19.7. The molecule has 3 heterocycles. The van der Waals surface area contributed by atoms with E-state index in [1.807, 2.05) is 6.20 Å².